The summed E-state index contributed by atoms with van der Waals surface area (Å²) in [5.74, 6) is 1.85. The first-order valence-electron chi connectivity index (χ1n) is 11.5. The molecule has 2 heterocycles. The van der Waals surface area contributed by atoms with E-state index in [9.17, 15) is 26.3 Å². The molecule has 0 spiro atoms. The van der Waals surface area contributed by atoms with Crippen molar-refractivity contribution in [2.24, 2.45) is 5.92 Å². The molecule has 2 aromatic rings. The van der Waals surface area contributed by atoms with Crippen LogP contribution in [-0.2, 0) is 21.8 Å². The third-order valence-electron chi connectivity index (χ3n) is 6.56. The van der Waals surface area contributed by atoms with E-state index in [1.54, 1.807) is 0 Å². The smallest absolute Gasteiger partial charge is 0.352 e. The first kappa shape index (κ1) is 26.3. The fourth-order valence-corrected chi connectivity index (χ4v) is 5.86. The molecule has 2 saturated heterocycles. The van der Waals surface area contributed by atoms with Crippen molar-refractivity contribution in [1.82, 2.24) is 5.32 Å². The zero-order valence-electron chi connectivity index (χ0n) is 19.0. The van der Waals surface area contributed by atoms with Gasteiger partial charge in [-0.3, -0.25) is 0 Å². The molecule has 2 aliphatic heterocycles. The summed E-state index contributed by atoms with van der Waals surface area (Å²) >= 11 is 1.86. The van der Waals surface area contributed by atoms with E-state index in [1.165, 1.54) is 6.92 Å². The van der Waals surface area contributed by atoms with Gasteiger partial charge in [-0.1, -0.05) is 30.3 Å². The van der Waals surface area contributed by atoms with Gasteiger partial charge in [0.05, 0.1) is 23.8 Å². The van der Waals surface area contributed by atoms with Crippen LogP contribution in [0.3, 0.4) is 0 Å². The summed E-state index contributed by atoms with van der Waals surface area (Å²) in [6, 6.07) is 11.4. The van der Waals surface area contributed by atoms with E-state index in [0.29, 0.717) is 6.61 Å². The average molecular weight is 520 g/mol. The van der Waals surface area contributed by atoms with Crippen LogP contribution in [0.25, 0.3) is 0 Å². The number of alkyl halides is 6. The van der Waals surface area contributed by atoms with Crippen LogP contribution in [0.2, 0.25) is 0 Å². The predicted molar refractivity (Wildman–Crippen MR) is 122 cm³/mol. The minimum Gasteiger partial charge on any atom is -0.352 e. The predicted octanol–water partition coefficient (Wildman–Crippen LogP) is 6.65. The SMILES string of the molecule is C[C@@H](O[C@H]1OCC[C@@H]([C@H]2CSCCN2)[C@@H]1c1ccccc1)c1cc(C(F)(F)F)cc(C(F)(F)F)c1. The molecule has 0 saturated carbocycles. The van der Waals surface area contributed by atoms with Gasteiger partial charge in [0.2, 0.25) is 0 Å². The summed E-state index contributed by atoms with van der Waals surface area (Å²) < 4.78 is 92.2. The summed E-state index contributed by atoms with van der Waals surface area (Å²) in [4.78, 5) is 0. The second kappa shape index (κ2) is 10.7. The van der Waals surface area contributed by atoms with Crippen LogP contribution in [0.5, 0.6) is 0 Å². The molecular formula is C25H27F6NO2S. The lowest BCUT2D eigenvalue weighted by atomic mass is 9.77. The third kappa shape index (κ3) is 6.34. The Bertz CT molecular complexity index is 946. The maximum absolute atomic E-state index is 13.4. The number of nitrogens with one attached hydrogen (secondary N) is 1. The first-order chi connectivity index (χ1) is 16.5. The molecule has 2 aromatic carbocycles. The quantitative estimate of drug-likeness (QED) is 0.448. The Morgan fingerprint density at radius 3 is 2.23 bits per heavy atom. The van der Waals surface area contributed by atoms with E-state index in [0.717, 1.165) is 42.2 Å². The van der Waals surface area contributed by atoms with Crippen LogP contribution in [0, 0.1) is 5.92 Å². The summed E-state index contributed by atoms with van der Waals surface area (Å²) in [5.41, 5.74) is -1.95. The Kier molecular flexibility index (Phi) is 8.05. The topological polar surface area (TPSA) is 30.5 Å². The van der Waals surface area contributed by atoms with Gasteiger partial charge >= 0.3 is 12.4 Å². The van der Waals surface area contributed by atoms with E-state index in [-0.39, 0.29) is 29.5 Å². The summed E-state index contributed by atoms with van der Waals surface area (Å²) in [7, 11) is 0. The molecule has 5 atom stereocenters. The van der Waals surface area contributed by atoms with Crippen LogP contribution < -0.4 is 5.32 Å². The van der Waals surface area contributed by atoms with Crippen LogP contribution in [-0.4, -0.2) is 37.0 Å². The molecule has 2 aliphatic rings. The van der Waals surface area contributed by atoms with E-state index in [1.807, 2.05) is 42.1 Å². The van der Waals surface area contributed by atoms with Crippen molar-refractivity contribution in [3.8, 4) is 0 Å². The molecule has 0 aliphatic carbocycles. The van der Waals surface area contributed by atoms with Gasteiger partial charge < -0.3 is 14.8 Å². The molecule has 0 aromatic heterocycles. The molecule has 0 amide bonds. The van der Waals surface area contributed by atoms with Crippen molar-refractivity contribution in [3.05, 3.63) is 70.8 Å². The molecule has 192 valence electrons. The molecule has 1 N–H and O–H groups in total. The Morgan fingerprint density at radius 1 is 1.00 bits per heavy atom. The average Bonchev–Trinajstić information content (AvgIpc) is 2.83. The van der Waals surface area contributed by atoms with Gasteiger partial charge in [0.15, 0.2) is 6.29 Å². The number of hydrogen-bond donors (Lipinski definition) is 1. The highest BCUT2D eigenvalue weighted by Crippen LogP contribution is 2.43. The standard InChI is InChI=1S/C25H27F6NO2S/c1-15(17-11-18(24(26,27)28)13-19(12-17)25(29,30)31)34-23-22(16-5-3-2-4-6-16)20(7-9-33-23)21-14-35-10-8-32-21/h2-6,11-13,15,20-23,32H,7-10,14H2,1H3/t15-,20+,21-,22+,23-/m1/s1. The van der Waals surface area contributed by atoms with Crippen LogP contribution in [0.15, 0.2) is 48.5 Å². The molecule has 2 fully saturated rings. The van der Waals surface area contributed by atoms with Crippen LogP contribution in [0.1, 0.15) is 47.6 Å². The van der Waals surface area contributed by atoms with Gasteiger partial charge in [-0.2, -0.15) is 38.1 Å². The van der Waals surface area contributed by atoms with Gasteiger partial charge in [-0.05, 0) is 48.6 Å². The lowest BCUT2D eigenvalue weighted by Crippen LogP contribution is -2.50. The van der Waals surface area contributed by atoms with E-state index >= 15 is 0 Å². The number of rotatable bonds is 5. The first-order valence-corrected chi connectivity index (χ1v) is 12.6. The number of halogens is 6. The summed E-state index contributed by atoms with van der Waals surface area (Å²) in [6.45, 7) is 2.73. The van der Waals surface area contributed by atoms with Gasteiger partial charge in [0.25, 0.3) is 0 Å². The maximum Gasteiger partial charge on any atom is 0.416 e. The molecule has 10 heteroatoms. The Labute approximate surface area is 204 Å². The van der Waals surface area contributed by atoms with Crippen molar-refractivity contribution in [3.63, 3.8) is 0 Å². The highest BCUT2D eigenvalue weighted by molar-refractivity contribution is 7.99. The van der Waals surface area contributed by atoms with Crippen molar-refractivity contribution in [2.75, 3.05) is 24.7 Å². The van der Waals surface area contributed by atoms with Gasteiger partial charge in [0, 0.05) is 30.0 Å². The van der Waals surface area contributed by atoms with Crippen molar-refractivity contribution < 1.29 is 35.8 Å². The zero-order chi connectivity index (χ0) is 25.2. The zero-order valence-corrected chi connectivity index (χ0v) is 19.9. The normalized spacial score (nSPS) is 26.9. The largest absolute Gasteiger partial charge is 0.416 e. The lowest BCUT2D eigenvalue weighted by molar-refractivity contribution is -0.211. The van der Waals surface area contributed by atoms with Crippen LogP contribution in [0.4, 0.5) is 26.3 Å². The molecule has 0 bridgehead atoms. The Hall–Kier alpha value is -1.75. The molecule has 4 rings (SSSR count). The van der Waals surface area contributed by atoms with Crippen molar-refractivity contribution in [1.29, 1.82) is 0 Å². The molecular weight excluding hydrogens is 492 g/mol. The van der Waals surface area contributed by atoms with Crippen LogP contribution >= 0.6 is 11.8 Å². The summed E-state index contributed by atoms with van der Waals surface area (Å²) in [5, 5.41) is 3.56. The van der Waals surface area contributed by atoms with Crippen molar-refractivity contribution in [2.45, 2.75) is 50.1 Å². The number of thioether (sulfide) groups is 1. The highest BCUT2D eigenvalue weighted by Gasteiger charge is 2.42. The van der Waals surface area contributed by atoms with Gasteiger partial charge in [0.1, 0.15) is 0 Å². The lowest BCUT2D eigenvalue weighted by Gasteiger charge is -2.44. The van der Waals surface area contributed by atoms with E-state index < -0.39 is 35.9 Å². The molecule has 3 nitrogen and oxygen atoms in total. The fourth-order valence-electron chi connectivity index (χ4n) is 4.81. The number of hydrogen-bond acceptors (Lipinski definition) is 4. The third-order valence-corrected chi connectivity index (χ3v) is 7.64. The number of ether oxygens (including phenoxy) is 2. The second-order valence-corrected chi connectivity index (χ2v) is 10.0. The second-order valence-electron chi connectivity index (χ2n) is 8.88. The minimum atomic E-state index is -4.92. The molecule has 0 radical (unpaired) electrons. The number of benzene rings is 2. The monoisotopic (exact) mass is 519 g/mol. The highest BCUT2D eigenvalue weighted by atomic mass is 32.2. The molecule has 35 heavy (non-hydrogen) atoms. The fraction of sp³-hybridized carbons (Fsp3) is 0.520. The van der Waals surface area contributed by atoms with E-state index in [4.69, 9.17) is 9.47 Å². The van der Waals surface area contributed by atoms with E-state index in [2.05, 4.69) is 5.32 Å². The maximum atomic E-state index is 13.4. The van der Waals surface area contributed by atoms with Gasteiger partial charge in [-0.15, -0.1) is 0 Å². The Balaban J connectivity index is 1.64. The minimum absolute atomic E-state index is 0.128. The Morgan fingerprint density at radius 2 is 1.66 bits per heavy atom. The summed E-state index contributed by atoms with van der Waals surface area (Å²) in [6.07, 6.45) is -10.9. The van der Waals surface area contributed by atoms with Gasteiger partial charge in [-0.25, -0.2) is 0 Å². The molecule has 0 unspecified atom stereocenters. The van der Waals surface area contributed by atoms with Crippen molar-refractivity contribution >= 4 is 11.8 Å².